The number of ketones is 2. The van der Waals surface area contributed by atoms with Crippen molar-refractivity contribution >= 4 is 23.3 Å². The van der Waals surface area contributed by atoms with Crippen LogP contribution in [0.1, 0.15) is 31.8 Å². The zero-order valence-corrected chi connectivity index (χ0v) is 15.6. The van der Waals surface area contributed by atoms with E-state index >= 15 is 0 Å². The number of phenolic OH excluding ortho intramolecular Hbond substituents is 1. The molecule has 1 aliphatic carbocycles. The number of rotatable bonds is 5. The first kappa shape index (κ1) is 18.3. The van der Waals surface area contributed by atoms with Gasteiger partial charge in [-0.25, -0.2) is 0 Å². The summed E-state index contributed by atoms with van der Waals surface area (Å²) in [6, 6.07) is 18.5. The molecule has 0 aromatic heterocycles. The topological polar surface area (TPSA) is 89.6 Å². The van der Waals surface area contributed by atoms with Crippen molar-refractivity contribution in [1.82, 2.24) is 0 Å². The Morgan fingerprint density at radius 3 is 2.21 bits per heavy atom. The number of fused-ring (bicyclic) bond motifs is 2. The van der Waals surface area contributed by atoms with E-state index in [9.17, 15) is 14.7 Å². The minimum absolute atomic E-state index is 0.192. The van der Waals surface area contributed by atoms with Crippen molar-refractivity contribution in [3.8, 4) is 11.5 Å². The molecule has 0 saturated heterocycles. The molecule has 0 spiro atoms. The summed E-state index contributed by atoms with van der Waals surface area (Å²) < 4.78 is 5.83. The molecule has 0 saturated carbocycles. The maximum absolute atomic E-state index is 13.0. The number of aromatic hydroxyl groups is 1. The Labute approximate surface area is 166 Å². The number of hydrogen-bond donors (Lipinski definition) is 2. The predicted octanol–water partition coefficient (Wildman–Crippen LogP) is 3.62. The van der Waals surface area contributed by atoms with Gasteiger partial charge in [-0.1, -0.05) is 36.4 Å². The van der Waals surface area contributed by atoms with E-state index in [0.29, 0.717) is 28.2 Å². The SMILES string of the molecule is NC(CSc1ccc(O)cc1)Oc1cccc2c1C(=O)c1ccccc1C2=O. The average Bonchev–Trinajstić information content (AvgIpc) is 2.71. The van der Waals surface area contributed by atoms with Crippen LogP contribution in [-0.4, -0.2) is 28.7 Å². The van der Waals surface area contributed by atoms with Gasteiger partial charge in [-0.15, -0.1) is 11.8 Å². The van der Waals surface area contributed by atoms with Crippen LogP contribution < -0.4 is 10.5 Å². The number of phenols is 1. The summed E-state index contributed by atoms with van der Waals surface area (Å²) >= 11 is 1.47. The second-order valence-corrected chi connectivity index (χ2v) is 7.44. The lowest BCUT2D eigenvalue weighted by Crippen LogP contribution is -2.31. The van der Waals surface area contributed by atoms with E-state index in [-0.39, 0.29) is 22.9 Å². The van der Waals surface area contributed by atoms with Crippen molar-refractivity contribution in [1.29, 1.82) is 0 Å². The van der Waals surface area contributed by atoms with Crippen LogP contribution in [0.15, 0.2) is 71.6 Å². The summed E-state index contributed by atoms with van der Waals surface area (Å²) in [7, 11) is 0. The van der Waals surface area contributed by atoms with Gasteiger partial charge in [-0.05, 0) is 30.3 Å². The molecule has 1 atom stereocenters. The van der Waals surface area contributed by atoms with Gasteiger partial charge in [0.05, 0.1) is 5.56 Å². The van der Waals surface area contributed by atoms with E-state index in [1.54, 1.807) is 66.7 Å². The van der Waals surface area contributed by atoms with Crippen molar-refractivity contribution < 1.29 is 19.4 Å². The Hall–Kier alpha value is -3.09. The van der Waals surface area contributed by atoms with E-state index in [4.69, 9.17) is 10.5 Å². The Balaban J connectivity index is 1.56. The van der Waals surface area contributed by atoms with Gasteiger partial charge in [0.25, 0.3) is 0 Å². The molecule has 28 heavy (non-hydrogen) atoms. The van der Waals surface area contributed by atoms with E-state index in [1.807, 2.05) is 0 Å². The Morgan fingerprint density at radius 1 is 0.857 bits per heavy atom. The smallest absolute Gasteiger partial charge is 0.198 e. The first-order valence-corrected chi connectivity index (χ1v) is 9.68. The first-order chi connectivity index (χ1) is 13.5. The summed E-state index contributed by atoms with van der Waals surface area (Å²) in [6.07, 6.45) is -0.676. The molecule has 3 N–H and O–H groups in total. The van der Waals surface area contributed by atoms with E-state index in [2.05, 4.69) is 0 Å². The fraction of sp³-hybridized carbons (Fsp3) is 0.0909. The predicted molar refractivity (Wildman–Crippen MR) is 107 cm³/mol. The van der Waals surface area contributed by atoms with Crippen molar-refractivity contribution in [2.45, 2.75) is 11.1 Å². The highest BCUT2D eigenvalue weighted by Crippen LogP contribution is 2.33. The molecule has 3 aromatic carbocycles. The second kappa shape index (κ2) is 7.50. The quantitative estimate of drug-likeness (QED) is 0.399. The summed E-state index contributed by atoms with van der Waals surface area (Å²) in [4.78, 5) is 26.7. The summed E-state index contributed by atoms with van der Waals surface area (Å²) in [6.45, 7) is 0. The minimum Gasteiger partial charge on any atom is -0.508 e. The van der Waals surface area contributed by atoms with Gasteiger partial charge in [0.15, 0.2) is 17.8 Å². The Morgan fingerprint density at radius 2 is 1.50 bits per heavy atom. The van der Waals surface area contributed by atoms with Gasteiger partial charge in [-0.2, -0.15) is 0 Å². The Kier molecular flexibility index (Phi) is 4.90. The van der Waals surface area contributed by atoms with Crippen LogP contribution in [0.25, 0.3) is 0 Å². The minimum atomic E-state index is -0.676. The molecular weight excluding hydrogens is 374 g/mol. The third-order valence-corrected chi connectivity index (χ3v) is 5.54. The highest BCUT2D eigenvalue weighted by atomic mass is 32.2. The molecular formula is C22H17NO4S. The average molecular weight is 391 g/mol. The third kappa shape index (κ3) is 3.40. The van der Waals surface area contributed by atoms with Gasteiger partial charge in [0, 0.05) is 27.3 Å². The molecule has 140 valence electrons. The summed E-state index contributed by atoms with van der Waals surface area (Å²) in [5, 5.41) is 9.34. The fourth-order valence-electron chi connectivity index (χ4n) is 3.13. The molecule has 0 bridgehead atoms. The first-order valence-electron chi connectivity index (χ1n) is 8.70. The van der Waals surface area contributed by atoms with E-state index < -0.39 is 6.23 Å². The second-order valence-electron chi connectivity index (χ2n) is 6.34. The molecule has 0 aliphatic heterocycles. The van der Waals surface area contributed by atoms with E-state index in [0.717, 1.165) is 4.90 Å². The standard InChI is InChI=1S/C22H17NO4S/c23-19(12-28-14-10-8-13(24)9-11-14)27-18-7-3-6-17-20(18)22(26)16-5-2-1-4-15(16)21(17)25/h1-11,19,24H,12,23H2. The lowest BCUT2D eigenvalue weighted by atomic mass is 9.83. The van der Waals surface area contributed by atoms with Crippen LogP contribution in [0, 0.1) is 0 Å². The van der Waals surface area contributed by atoms with Crippen LogP contribution in [0.3, 0.4) is 0 Å². The molecule has 1 aliphatic rings. The maximum atomic E-state index is 13.0. The molecule has 4 rings (SSSR count). The molecule has 0 fully saturated rings. The number of ether oxygens (including phenoxy) is 1. The highest BCUT2D eigenvalue weighted by molar-refractivity contribution is 7.99. The number of hydrogen-bond acceptors (Lipinski definition) is 6. The van der Waals surface area contributed by atoms with Crippen molar-refractivity contribution in [2.24, 2.45) is 5.73 Å². The lowest BCUT2D eigenvalue weighted by Gasteiger charge is -2.22. The van der Waals surface area contributed by atoms with Crippen molar-refractivity contribution in [3.05, 3.63) is 89.0 Å². The Bertz CT molecular complexity index is 1060. The highest BCUT2D eigenvalue weighted by Gasteiger charge is 2.32. The third-order valence-electron chi connectivity index (χ3n) is 4.44. The largest absolute Gasteiger partial charge is 0.508 e. The molecule has 0 amide bonds. The number of carbonyl (C=O) groups is 2. The maximum Gasteiger partial charge on any atom is 0.198 e. The van der Waals surface area contributed by atoms with Crippen LogP contribution in [-0.2, 0) is 0 Å². The zero-order valence-electron chi connectivity index (χ0n) is 14.8. The van der Waals surface area contributed by atoms with Crippen molar-refractivity contribution in [3.63, 3.8) is 0 Å². The molecule has 3 aromatic rings. The molecule has 6 heteroatoms. The van der Waals surface area contributed by atoms with Gasteiger partial charge in [0.2, 0.25) is 0 Å². The normalized spacial score (nSPS) is 13.6. The summed E-state index contributed by atoms with van der Waals surface area (Å²) in [5.74, 6) is 0.517. The molecule has 0 radical (unpaired) electrons. The number of benzene rings is 3. The summed E-state index contributed by atoms with van der Waals surface area (Å²) in [5.41, 5.74) is 7.48. The van der Waals surface area contributed by atoms with Gasteiger partial charge >= 0.3 is 0 Å². The fourth-order valence-corrected chi connectivity index (χ4v) is 3.88. The molecule has 5 nitrogen and oxygen atoms in total. The molecule has 0 heterocycles. The van der Waals surface area contributed by atoms with Crippen molar-refractivity contribution in [2.75, 3.05) is 5.75 Å². The van der Waals surface area contributed by atoms with Crippen LogP contribution in [0.5, 0.6) is 11.5 Å². The van der Waals surface area contributed by atoms with E-state index in [1.165, 1.54) is 11.8 Å². The monoisotopic (exact) mass is 391 g/mol. The van der Waals surface area contributed by atoms with Crippen LogP contribution in [0.2, 0.25) is 0 Å². The number of thioether (sulfide) groups is 1. The zero-order chi connectivity index (χ0) is 19.7. The lowest BCUT2D eigenvalue weighted by molar-refractivity contribution is 0.0973. The van der Waals surface area contributed by atoms with Gasteiger partial charge in [0.1, 0.15) is 11.5 Å². The molecule has 1 unspecified atom stereocenters. The number of carbonyl (C=O) groups excluding carboxylic acids is 2. The van der Waals surface area contributed by atoms with Gasteiger partial charge < -0.3 is 9.84 Å². The van der Waals surface area contributed by atoms with Crippen LogP contribution in [0.4, 0.5) is 0 Å². The van der Waals surface area contributed by atoms with Gasteiger partial charge in [-0.3, -0.25) is 15.3 Å². The number of nitrogens with two attached hydrogens (primary N) is 1. The van der Waals surface area contributed by atoms with Crippen LogP contribution >= 0.6 is 11.8 Å².